The van der Waals surface area contributed by atoms with Crippen LogP contribution in [0.15, 0.2) is 58.5 Å². The molecule has 8 heteroatoms. The average molecular weight is 423 g/mol. The summed E-state index contributed by atoms with van der Waals surface area (Å²) in [7, 11) is 1.36. The molecule has 1 atom stereocenters. The maximum Gasteiger partial charge on any atom is 0.318 e. The van der Waals surface area contributed by atoms with Crippen molar-refractivity contribution in [1.82, 2.24) is 19.2 Å². The first kappa shape index (κ1) is 20.2. The highest BCUT2D eigenvalue weighted by Gasteiger charge is 2.23. The second-order valence-corrected chi connectivity index (χ2v) is 8.58. The highest BCUT2D eigenvalue weighted by Crippen LogP contribution is 2.28. The molecular formula is C22H22N4O3S. The summed E-state index contributed by atoms with van der Waals surface area (Å²) in [5, 5.41) is 9.27. The predicted molar refractivity (Wildman–Crippen MR) is 118 cm³/mol. The largest absolute Gasteiger partial charge is 0.468 e. The third-order valence-electron chi connectivity index (χ3n) is 5.01. The van der Waals surface area contributed by atoms with Crippen molar-refractivity contribution in [2.24, 2.45) is 0 Å². The Morgan fingerprint density at radius 1 is 1.03 bits per heavy atom. The molecule has 0 amide bonds. The maximum atomic E-state index is 13.5. The topological polar surface area (TPSA) is 78.5 Å². The van der Waals surface area contributed by atoms with E-state index in [2.05, 4.69) is 24.0 Å². The second-order valence-electron chi connectivity index (χ2n) is 7.27. The van der Waals surface area contributed by atoms with E-state index >= 15 is 0 Å². The van der Waals surface area contributed by atoms with Gasteiger partial charge in [-0.2, -0.15) is 0 Å². The van der Waals surface area contributed by atoms with Gasteiger partial charge in [-0.05, 0) is 36.6 Å². The van der Waals surface area contributed by atoms with Gasteiger partial charge < -0.3 is 4.74 Å². The SMILES string of the molecule is COC(=O)C(C)Sc1nnc2n(-c3ccccc3C(C)C)c(=O)c3ccccc3n12. The van der Waals surface area contributed by atoms with Gasteiger partial charge in [0.1, 0.15) is 5.25 Å². The number of aromatic nitrogens is 4. The Labute approximate surface area is 177 Å². The van der Waals surface area contributed by atoms with Crippen molar-refractivity contribution < 1.29 is 9.53 Å². The zero-order valence-electron chi connectivity index (χ0n) is 17.2. The second kappa shape index (κ2) is 7.95. The van der Waals surface area contributed by atoms with E-state index in [9.17, 15) is 9.59 Å². The van der Waals surface area contributed by atoms with Crippen LogP contribution in [0.5, 0.6) is 0 Å². The lowest BCUT2D eigenvalue weighted by Crippen LogP contribution is -2.23. The molecule has 2 aromatic heterocycles. The first-order chi connectivity index (χ1) is 14.4. The summed E-state index contributed by atoms with van der Waals surface area (Å²) in [5.74, 6) is 0.279. The van der Waals surface area contributed by atoms with Crippen LogP contribution in [-0.4, -0.2) is 37.5 Å². The number of nitrogens with zero attached hydrogens (tertiary/aromatic N) is 4. The van der Waals surface area contributed by atoms with Crippen molar-refractivity contribution >= 4 is 34.4 Å². The van der Waals surface area contributed by atoms with Crippen molar-refractivity contribution in [1.29, 1.82) is 0 Å². The zero-order valence-corrected chi connectivity index (χ0v) is 18.0. The summed E-state index contributed by atoms with van der Waals surface area (Å²) in [6.07, 6.45) is 0. The first-order valence-electron chi connectivity index (χ1n) is 9.66. The predicted octanol–water partition coefficient (Wildman–Crippen LogP) is 3.81. The van der Waals surface area contributed by atoms with Crippen LogP contribution in [0.4, 0.5) is 0 Å². The summed E-state index contributed by atoms with van der Waals surface area (Å²) in [6.45, 7) is 5.93. The summed E-state index contributed by atoms with van der Waals surface area (Å²) < 4.78 is 8.28. The van der Waals surface area contributed by atoms with Crippen LogP contribution in [0.25, 0.3) is 22.4 Å². The Morgan fingerprint density at radius 3 is 2.47 bits per heavy atom. The molecular weight excluding hydrogens is 400 g/mol. The molecule has 0 saturated heterocycles. The fraction of sp³-hybridized carbons (Fsp3) is 0.273. The summed E-state index contributed by atoms with van der Waals surface area (Å²) >= 11 is 1.25. The van der Waals surface area contributed by atoms with Crippen LogP contribution in [-0.2, 0) is 9.53 Å². The monoisotopic (exact) mass is 422 g/mol. The first-order valence-corrected chi connectivity index (χ1v) is 10.5. The molecule has 4 rings (SSSR count). The Bertz CT molecular complexity index is 1310. The molecule has 0 bridgehead atoms. The van der Waals surface area contributed by atoms with Crippen LogP contribution < -0.4 is 5.56 Å². The molecule has 0 spiro atoms. The Kier molecular flexibility index (Phi) is 5.34. The van der Waals surface area contributed by atoms with Gasteiger partial charge in [-0.25, -0.2) is 4.57 Å². The molecule has 0 saturated carbocycles. The number of rotatable bonds is 5. The Hall–Kier alpha value is -3.13. The van der Waals surface area contributed by atoms with E-state index in [1.807, 2.05) is 46.9 Å². The highest BCUT2D eigenvalue weighted by molar-refractivity contribution is 8.00. The smallest absolute Gasteiger partial charge is 0.318 e. The third-order valence-corrected chi connectivity index (χ3v) is 6.03. The normalized spacial score (nSPS) is 12.6. The lowest BCUT2D eigenvalue weighted by atomic mass is 10.0. The lowest BCUT2D eigenvalue weighted by Gasteiger charge is -2.16. The van der Waals surface area contributed by atoms with Crippen LogP contribution >= 0.6 is 11.8 Å². The van der Waals surface area contributed by atoms with Crippen LogP contribution in [0, 0.1) is 0 Å². The number of methoxy groups -OCH3 is 1. The van der Waals surface area contributed by atoms with Crippen molar-refractivity contribution in [2.75, 3.05) is 7.11 Å². The van der Waals surface area contributed by atoms with Crippen molar-refractivity contribution in [2.45, 2.75) is 37.1 Å². The molecule has 0 aliphatic rings. The van der Waals surface area contributed by atoms with Gasteiger partial charge in [0.2, 0.25) is 5.78 Å². The number of fused-ring (bicyclic) bond motifs is 3. The third kappa shape index (κ3) is 3.27. The molecule has 2 aromatic carbocycles. The number of ether oxygens (including phenoxy) is 1. The Balaban J connectivity index is 2.07. The highest BCUT2D eigenvalue weighted by atomic mass is 32.2. The lowest BCUT2D eigenvalue weighted by molar-refractivity contribution is -0.139. The van der Waals surface area contributed by atoms with Gasteiger partial charge >= 0.3 is 5.97 Å². The van der Waals surface area contributed by atoms with E-state index in [-0.39, 0.29) is 17.4 Å². The van der Waals surface area contributed by atoms with Crippen molar-refractivity contribution in [3.05, 3.63) is 64.4 Å². The maximum absolute atomic E-state index is 13.5. The number of thioether (sulfide) groups is 1. The van der Waals surface area contributed by atoms with Gasteiger partial charge in [0.05, 0.1) is 23.7 Å². The van der Waals surface area contributed by atoms with E-state index < -0.39 is 5.25 Å². The van der Waals surface area contributed by atoms with Crippen LogP contribution in [0.2, 0.25) is 0 Å². The summed E-state index contributed by atoms with van der Waals surface area (Å²) in [6, 6.07) is 15.2. The zero-order chi connectivity index (χ0) is 21.4. The number of esters is 1. The van der Waals surface area contributed by atoms with Gasteiger partial charge in [0.15, 0.2) is 5.16 Å². The number of carbonyl (C=O) groups is 1. The molecule has 4 aromatic rings. The fourth-order valence-electron chi connectivity index (χ4n) is 3.52. The van der Waals surface area contributed by atoms with Gasteiger partial charge in [-0.3, -0.25) is 14.0 Å². The molecule has 0 fully saturated rings. The number of para-hydroxylation sites is 2. The van der Waals surface area contributed by atoms with Crippen LogP contribution in [0.1, 0.15) is 32.3 Å². The van der Waals surface area contributed by atoms with Crippen molar-refractivity contribution in [3.63, 3.8) is 0 Å². The van der Waals surface area contributed by atoms with Crippen molar-refractivity contribution in [3.8, 4) is 5.69 Å². The number of benzene rings is 2. The molecule has 7 nitrogen and oxygen atoms in total. The molecule has 0 aliphatic heterocycles. The van der Waals surface area contributed by atoms with Crippen LogP contribution in [0.3, 0.4) is 0 Å². The quantitative estimate of drug-likeness (QED) is 0.359. The number of hydrogen-bond donors (Lipinski definition) is 0. The van der Waals surface area contributed by atoms with E-state index in [0.717, 1.165) is 11.3 Å². The van der Waals surface area contributed by atoms with Gasteiger partial charge in [0, 0.05) is 0 Å². The standard InChI is InChI=1S/C22H22N4O3S/c1-13(2)15-9-5-7-11-17(15)25-19(27)16-10-6-8-12-18(16)26-21(25)23-24-22(26)30-14(3)20(28)29-4/h5-14H,1-4H3. The van der Waals surface area contributed by atoms with E-state index in [1.54, 1.807) is 17.6 Å². The minimum Gasteiger partial charge on any atom is -0.468 e. The number of hydrogen-bond acceptors (Lipinski definition) is 6. The van der Waals surface area contributed by atoms with E-state index in [1.165, 1.54) is 18.9 Å². The molecule has 30 heavy (non-hydrogen) atoms. The minimum absolute atomic E-state index is 0.156. The molecule has 154 valence electrons. The molecule has 2 heterocycles. The minimum atomic E-state index is -0.468. The average Bonchev–Trinajstić information content (AvgIpc) is 3.16. The molecule has 0 aliphatic carbocycles. The number of carbonyl (C=O) groups excluding carboxylic acids is 1. The Morgan fingerprint density at radius 2 is 1.73 bits per heavy atom. The van der Waals surface area contributed by atoms with Gasteiger partial charge in [0.25, 0.3) is 5.56 Å². The van der Waals surface area contributed by atoms with Gasteiger partial charge in [-0.15, -0.1) is 10.2 Å². The molecule has 0 N–H and O–H groups in total. The van der Waals surface area contributed by atoms with E-state index in [0.29, 0.717) is 21.8 Å². The molecule has 1 unspecified atom stereocenters. The molecule has 0 radical (unpaired) electrons. The van der Waals surface area contributed by atoms with E-state index in [4.69, 9.17) is 4.74 Å². The van der Waals surface area contributed by atoms with Gasteiger partial charge in [-0.1, -0.05) is 55.9 Å². The summed E-state index contributed by atoms with van der Waals surface area (Å²) in [4.78, 5) is 25.4. The fourth-order valence-corrected chi connectivity index (χ4v) is 4.41. The summed E-state index contributed by atoms with van der Waals surface area (Å²) in [5.41, 5.74) is 2.35.